The summed E-state index contributed by atoms with van der Waals surface area (Å²) in [6, 6.07) is 18.7. The van der Waals surface area contributed by atoms with Gasteiger partial charge in [-0.3, -0.25) is 4.79 Å². The summed E-state index contributed by atoms with van der Waals surface area (Å²) in [5, 5.41) is 3.86. The Labute approximate surface area is 144 Å². The number of aromatic nitrogens is 1. The lowest BCUT2D eigenvalue weighted by atomic mass is 10.1. The zero-order valence-corrected chi connectivity index (χ0v) is 13.4. The Kier molecular flexibility index (Phi) is 4.89. The molecule has 2 aromatic carbocycles. The topological polar surface area (TPSA) is 94.3 Å². The second-order valence-electron chi connectivity index (χ2n) is 5.45. The van der Waals surface area contributed by atoms with Crippen LogP contribution in [0.15, 0.2) is 60.7 Å². The minimum atomic E-state index is -0.700. The Morgan fingerprint density at radius 3 is 2.52 bits per heavy atom. The van der Waals surface area contributed by atoms with Crippen molar-refractivity contribution in [2.24, 2.45) is 5.73 Å². The molecule has 0 radical (unpaired) electrons. The predicted octanol–water partition coefficient (Wildman–Crippen LogP) is 2.49. The molecule has 6 heteroatoms. The maximum Gasteiger partial charge on any atom is 0.339 e. The molecule has 126 valence electrons. The molecular formula is C19H17N3O3. The van der Waals surface area contributed by atoms with Crippen LogP contribution in [0.3, 0.4) is 0 Å². The molecule has 1 amide bonds. The Morgan fingerprint density at radius 2 is 1.76 bits per heavy atom. The number of para-hydroxylation sites is 1. The van der Waals surface area contributed by atoms with Crippen molar-refractivity contribution in [1.29, 1.82) is 0 Å². The van der Waals surface area contributed by atoms with Gasteiger partial charge in [0.25, 0.3) is 5.91 Å². The normalized spacial score (nSPS) is 10.4. The van der Waals surface area contributed by atoms with Crippen LogP contribution in [-0.4, -0.2) is 23.5 Å². The van der Waals surface area contributed by atoms with E-state index in [4.69, 9.17) is 10.5 Å². The number of esters is 1. The summed E-state index contributed by atoms with van der Waals surface area (Å²) in [4.78, 5) is 27.7. The van der Waals surface area contributed by atoms with Crippen LogP contribution in [0.4, 0.5) is 5.82 Å². The number of ether oxygens (including phenoxy) is 1. The lowest BCUT2D eigenvalue weighted by Gasteiger charge is -2.11. The van der Waals surface area contributed by atoms with Gasteiger partial charge < -0.3 is 15.8 Å². The van der Waals surface area contributed by atoms with Crippen molar-refractivity contribution >= 4 is 28.6 Å². The van der Waals surface area contributed by atoms with Crippen molar-refractivity contribution in [2.45, 2.75) is 6.54 Å². The molecule has 0 aliphatic rings. The molecule has 0 aliphatic carbocycles. The summed E-state index contributed by atoms with van der Waals surface area (Å²) in [5.41, 5.74) is 7.12. The van der Waals surface area contributed by atoms with Crippen LogP contribution >= 0.6 is 0 Å². The first kappa shape index (κ1) is 16.4. The molecule has 1 aromatic heterocycles. The lowest BCUT2D eigenvalue weighted by molar-refractivity contribution is -0.121. The van der Waals surface area contributed by atoms with Crippen molar-refractivity contribution in [3.63, 3.8) is 0 Å². The van der Waals surface area contributed by atoms with Crippen molar-refractivity contribution in [2.75, 3.05) is 11.9 Å². The molecule has 6 nitrogen and oxygen atoms in total. The Hall–Kier alpha value is -3.41. The highest BCUT2D eigenvalue weighted by molar-refractivity contribution is 6.04. The van der Waals surface area contributed by atoms with Crippen LogP contribution in [0, 0.1) is 0 Å². The Balaban J connectivity index is 1.89. The molecule has 0 atom stereocenters. The lowest BCUT2D eigenvalue weighted by Crippen LogP contribution is -2.21. The summed E-state index contributed by atoms with van der Waals surface area (Å²) < 4.78 is 4.95. The van der Waals surface area contributed by atoms with Gasteiger partial charge in [0.2, 0.25) is 0 Å². The molecule has 0 unspecified atom stereocenters. The van der Waals surface area contributed by atoms with Gasteiger partial charge in [0.15, 0.2) is 6.61 Å². The van der Waals surface area contributed by atoms with E-state index < -0.39 is 18.5 Å². The third-order valence-electron chi connectivity index (χ3n) is 3.60. The number of nitrogens with zero attached hydrogens (tertiary/aromatic N) is 1. The number of anilines is 1. The number of primary amides is 1. The fourth-order valence-electron chi connectivity index (χ4n) is 2.44. The number of amides is 1. The number of fused-ring (bicyclic) bond motifs is 1. The van der Waals surface area contributed by atoms with Crippen molar-refractivity contribution < 1.29 is 14.3 Å². The standard InChI is InChI=1S/C19H17N3O3/c20-17(23)12-25-19(24)15-10-18(21-11-13-6-2-1-3-7-13)22-16-9-5-4-8-14(15)16/h1-10H,11-12H2,(H2,20,23)(H,21,22). The molecule has 3 aromatic rings. The second kappa shape index (κ2) is 7.44. The first-order valence-electron chi connectivity index (χ1n) is 7.76. The molecular weight excluding hydrogens is 318 g/mol. The van der Waals surface area contributed by atoms with Gasteiger partial charge in [-0.1, -0.05) is 48.5 Å². The molecule has 3 rings (SSSR count). The second-order valence-corrected chi connectivity index (χ2v) is 5.45. The largest absolute Gasteiger partial charge is 0.452 e. The summed E-state index contributed by atoms with van der Waals surface area (Å²) in [6.07, 6.45) is 0. The van der Waals surface area contributed by atoms with E-state index in [1.807, 2.05) is 48.5 Å². The van der Waals surface area contributed by atoms with Gasteiger partial charge >= 0.3 is 5.97 Å². The average Bonchev–Trinajstić information content (AvgIpc) is 2.64. The van der Waals surface area contributed by atoms with Gasteiger partial charge in [-0.25, -0.2) is 9.78 Å². The highest BCUT2D eigenvalue weighted by atomic mass is 16.5. The van der Waals surface area contributed by atoms with Crippen molar-refractivity contribution in [3.8, 4) is 0 Å². The van der Waals surface area contributed by atoms with Gasteiger partial charge in [0, 0.05) is 11.9 Å². The van der Waals surface area contributed by atoms with Gasteiger partial charge in [-0.05, 0) is 17.7 Å². The van der Waals surface area contributed by atoms with E-state index >= 15 is 0 Å². The monoisotopic (exact) mass is 335 g/mol. The zero-order chi connectivity index (χ0) is 17.6. The molecule has 0 fully saturated rings. The van der Waals surface area contributed by atoms with E-state index in [2.05, 4.69) is 10.3 Å². The van der Waals surface area contributed by atoms with E-state index in [9.17, 15) is 9.59 Å². The fourth-order valence-corrected chi connectivity index (χ4v) is 2.44. The van der Waals surface area contributed by atoms with Crippen LogP contribution in [0.1, 0.15) is 15.9 Å². The molecule has 0 aliphatic heterocycles. The molecule has 25 heavy (non-hydrogen) atoms. The first-order chi connectivity index (χ1) is 12.1. The van der Waals surface area contributed by atoms with Gasteiger partial charge in [-0.2, -0.15) is 0 Å². The van der Waals surface area contributed by atoms with E-state index in [0.29, 0.717) is 28.8 Å². The molecule has 3 N–H and O–H groups in total. The van der Waals surface area contributed by atoms with E-state index in [0.717, 1.165) is 5.56 Å². The summed E-state index contributed by atoms with van der Waals surface area (Å²) in [7, 11) is 0. The van der Waals surface area contributed by atoms with Crippen LogP contribution < -0.4 is 11.1 Å². The number of carbonyl (C=O) groups excluding carboxylic acids is 2. The zero-order valence-electron chi connectivity index (χ0n) is 13.4. The van der Waals surface area contributed by atoms with E-state index in [1.165, 1.54) is 0 Å². The Morgan fingerprint density at radius 1 is 1.04 bits per heavy atom. The number of pyridine rings is 1. The van der Waals surface area contributed by atoms with Crippen molar-refractivity contribution in [1.82, 2.24) is 4.98 Å². The summed E-state index contributed by atoms with van der Waals surface area (Å²) in [5.74, 6) is -0.761. The van der Waals surface area contributed by atoms with Gasteiger partial charge in [-0.15, -0.1) is 0 Å². The highest BCUT2D eigenvalue weighted by Crippen LogP contribution is 2.22. The highest BCUT2D eigenvalue weighted by Gasteiger charge is 2.15. The van der Waals surface area contributed by atoms with E-state index in [-0.39, 0.29) is 0 Å². The number of hydrogen-bond donors (Lipinski definition) is 2. The van der Waals surface area contributed by atoms with E-state index in [1.54, 1.807) is 12.1 Å². The van der Waals surface area contributed by atoms with Crippen LogP contribution in [0.5, 0.6) is 0 Å². The number of hydrogen-bond acceptors (Lipinski definition) is 5. The number of nitrogens with two attached hydrogens (primary N) is 1. The fraction of sp³-hybridized carbons (Fsp3) is 0.105. The first-order valence-corrected chi connectivity index (χ1v) is 7.76. The average molecular weight is 335 g/mol. The van der Waals surface area contributed by atoms with Gasteiger partial charge in [0.1, 0.15) is 5.82 Å². The van der Waals surface area contributed by atoms with Gasteiger partial charge in [0.05, 0.1) is 11.1 Å². The van der Waals surface area contributed by atoms with Crippen molar-refractivity contribution in [3.05, 3.63) is 71.8 Å². The SMILES string of the molecule is NC(=O)COC(=O)c1cc(NCc2ccccc2)nc2ccccc12. The quantitative estimate of drug-likeness (QED) is 0.675. The number of carbonyl (C=O) groups is 2. The minimum absolute atomic E-state index is 0.336. The summed E-state index contributed by atoms with van der Waals surface area (Å²) >= 11 is 0. The number of nitrogens with one attached hydrogen (secondary N) is 1. The Bertz CT molecular complexity index is 910. The number of benzene rings is 2. The maximum atomic E-state index is 12.3. The third-order valence-corrected chi connectivity index (χ3v) is 3.60. The molecule has 0 bridgehead atoms. The van der Waals surface area contributed by atoms with Crippen LogP contribution in [-0.2, 0) is 16.1 Å². The van der Waals surface area contributed by atoms with Crippen LogP contribution in [0.25, 0.3) is 10.9 Å². The van der Waals surface area contributed by atoms with Crippen LogP contribution in [0.2, 0.25) is 0 Å². The summed E-state index contributed by atoms with van der Waals surface area (Å²) in [6.45, 7) is 0.115. The molecule has 1 heterocycles. The molecule has 0 spiro atoms. The molecule has 0 saturated carbocycles. The number of rotatable bonds is 6. The molecule has 0 saturated heterocycles. The smallest absolute Gasteiger partial charge is 0.339 e. The predicted molar refractivity (Wildman–Crippen MR) is 95.0 cm³/mol. The maximum absolute atomic E-state index is 12.3. The third kappa shape index (κ3) is 4.11. The minimum Gasteiger partial charge on any atom is -0.452 e.